The molecule has 0 aromatic heterocycles. The van der Waals surface area contributed by atoms with Gasteiger partial charge in [-0.25, -0.2) is 0 Å². The zero-order valence-corrected chi connectivity index (χ0v) is 45.1. The van der Waals surface area contributed by atoms with Crippen molar-refractivity contribution in [3.63, 3.8) is 0 Å². The molecule has 0 spiro atoms. The first-order valence-corrected chi connectivity index (χ1v) is 32.1. The molecule has 24 nitrogen and oxygen atoms in total. The number of rotatable bonds is 35. The summed E-state index contributed by atoms with van der Waals surface area (Å²) < 4.78 is 98.9. The van der Waals surface area contributed by atoms with Gasteiger partial charge in [0.2, 0.25) is 5.79 Å². The zero-order chi connectivity index (χ0) is 49.9. The summed E-state index contributed by atoms with van der Waals surface area (Å²) in [6.07, 6.45) is -13.9. The molecular weight excluding hydrogens is 979 g/mol. The van der Waals surface area contributed by atoms with Crippen LogP contribution in [0.2, 0.25) is 12.6 Å². The van der Waals surface area contributed by atoms with Crippen LogP contribution in [0.5, 0.6) is 0 Å². The van der Waals surface area contributed by atoms with Crippen molar-refractivity contribution in [3.8, 4) is 0 Å². The summed E-state index contributed by atoms with van der Waals surface area (Å²) in [4.78, 5) is 11.4. The zero-order valence-electron chi connectivity index (χ0n) is 40.1. The highest BCUT2D eigenvalue weighted by atomic mass is 28.5. The lowest BCUT2D eigenvalue weighted by molar-refractivity contribution is -0.383. The van der Waals surface area contributed by atoms with Gasteiger partial charge in [-0.05, 0) is 68.4 Å². The van der Waals surface area contributed by atoms with Crippen LogP contribution in [-0.4, -0.2) is 214 Å². The summed E-state index contributed by atoms with van der Waals surface area (Å²) in [5.74, 6) is -2.52. The van der Waals surface area contributed by atoms with Gasteiger partial charge in [0.15, 0.2) is 6.29 Å². The van der Waals surface area contributed by atoms with Crippen LogP contribution in [-0.2, 0) is 70.8 Å². The maximum atomic E-state index is 11.8. The largest absolute Gasteiger partial charge is 0.673 e. The van der Waals surface area contributed by atoms with Gasteiger partial charge in [-0.3, -0.25) is 0 Å². The van der Waals surface area contributed by atoms with Crippen molar-refractivity contribution < 1.29 is 106 Å². The fourth-order valence-electron chi connectivity index (χ4n) is 7.45. The van der Waals surface area contributed by atoms with Crippen molar-refractivity contribution in [2.75, 3.05) is 79.2 Å². The molecule has 67 heavy (non-hydrogen) atoms. The molecule has 3 rings (SSSR count). The Balaban J connectivity index is 2.07. The Kier molecular flexibility index (Phi) is 25.8. The van der Waals surface area contributed by atoms with E-state index in [2.05, 4.69) is 0 Å². The highest BCUT2D eigenvalue weighted by Gasteiger charge is 2.67. The topological polar surface area (TPSA) is 315 Å². The third-order valence-electron chi connectivity index (χ3n) is 10.1. The summed E-state index contributed by atoms with van der Waals surface area (Å²) >= 11 is 0. The van der Waals surface area contributed by atoms with E-state index in [4.69, 9.17) is 76.5 Å². The Bertz CT molecular complexity index is 1510. The number of benzene rings is 1. The van der Waals surface area contributed by atoms with E-state index in [1.54, 1.807) is 85.7 Å². The van der Waals surface area contributed by atoms with Crippen molar-refractivity contribution in [2.45, 2.75) is 129 Å². The normalized spacial score (nSPS) is 28.1. The van der Waals surface area contributed by atoms with Gasteiger partial charge in [0.1, 0.15) is 49.3 Å². The highest BCUT2D eigenvalue weighted by molar-refractivity contribution is 6.82. The lowest BCUT2D eigenvalue weighted by Crippen LogP contribution is -2.69. The second-order valence-electron chi connectivity index (χ2n) is 14.9. The van der Waals surface area contributed by atoms with E-state index in [-0.39, 0.29) is 65.4 Å². The predicted octanol–water partition coefficient (Wildman–Crippen LogP) is -1.44. The Morgan fingerprint density at radius 3 is 1.69 bits per heavy atom. The third kappa shape index (κ3) is 15.7. The van der Waals surface area contributed by atoms with Crippen LogP contribution in [0.15, 0.2) is 30.3 Å². The van der Waals surface area contributed by atoms with Gasteiger partial charge >= 0.3 is 44.5 Å². The molecule has 2 aliphatic heterocycles. The minimum Gasteiger partial charge on any atom is -0.394 e. The molecule has 2 heterocycles. The second-order valence-corrected chi connectivity index (χ2v) is 27.5. The van der Waals surface area contributed by atoms with E-state index in [0.29, 0.717) is 11.6 Å². The van der Waals surface area contributed by atoms with Crippen molar-refractivity contribution in [3.05, 3.63) is 30.3 Å². The van der Waals surface area contributed by atoms with Crippen LogP contribution < -0.4 is 10.9 Å². The van der Waals surface area contributed by atoms with Crippen molar-refractivity contribution in [1.82, 2.24) is 0 Å². The molecule has 2 fully saturated rings. The molecule has 0 bridgehead atoms. The van der Waals surface area contributed by atoms with Crippen LogP contribution in [0.4, 0.5) is 0 Å². The van der Waals surface area contributed by atoms with Gasteiger partial charge in [-0.15, -0.1) is 0 Å². The first-order chi connectivity index (χ1) is 31.9. The Morgan fingerprint density at radius 1 is 0.642 bits per heavy atom. The molecule has 0 amide bonds. The smallest absolute Gasteiger partial charge is 0.394 e. The highest BCUT2D eigenvalue weighted by Crippen LogP contribution is 2.41. The minimum absolute atomic E-state index is 0.00475. The minimum atomic E-state index is -4.65. The Labute approximate surface area is 399 Å². The van der Waals surface area contributed by atoms with Crippen LogP contribution in [0.3, 0.4) is 0 Å². The van der Waals surface area contributed by atoms with Gasteiger partial charge in [0.05, 0.1) is 13.2 Å². The molecular formula is C38H77NO23Si5. The van der Waals surface area contributed by atoms with Crippen molar-refractivity contribution in [2.24, 2.45) is 5.73 Å². The first kappa shape index (κ1) is 60.6. The number of aliphatic hydroxyl groups excluding tert-OH is 6. The fraction of sp³-hybridized carbons (Fsp3) is 0.842. The van der Waals surface area contributed by atoms with Crippen molar-refractivity contribution in [1.29, 1.82) is 0 Å². The maximum Gasteiger partial charge on any atom is 0.673 e. The van der Waals surface area contributed by atoms with E-state index in [9.17, 15) is 35.4 Å². The molecule has 2 aliphatic rings. The summed E-state index contributed by atoms with van der Waals surface area (Å²) in [6, 6.07) is 8.88. The summed E-state index contributed by atoms with van der Waals surface area (Å²) in [6.45, 7) is 12.6. The monoisotopic (exact) mass is 1060 g/mol. The number of ether oxygens (including phenoxy) is 3. The van der Waals surface area contributed by atoms with E-state index < -0.39 is 119 Å². The molecule has 1 aromatic rings. The quantitative estimate of drug-likeness (QED) is 0.0361. The second kappa shape index (κ2) is 28.6. The lowest BCUT2D eigenvalue weighted by Gasteiger charge is -2.47. The molecule has 9 N–H and O–H groups in total. The summed E-state index contributed by atoms with van der Waals surface area (Å²) in [5, 5.41) is 68.2. The molecule has 0 radical (unpaired) electrons. The van der Waals surface area contributed by atoms with Gasteiger partial charge in [-0.2, -0.15) is 0 Å². The molecule has 3 unspecified atom stereocenters. The van der Waals surface area contributed by atoms with E-state index >= 15 is 0 Å². The number of aliphatic hydroxyl groups is 6. The van der Waals surface area contributed by atoms with Gasteiger partial charge in [0.25, 0.3) is 0 Å². The van der Waals surface area contributed by atoms with Gasteiger partial charge in [-0.1, -0.05) is 30.3 Å². The molecule has 2 saturated heterocycles. The van der Waals surface area contributed by atoms with E-state index in [1.807, 2.05) is 0 Å². The van der Waals surface area contributed by atoms with E-state index in [0.717, 1.165) is 0 Å². The molecule has 0 aliphatic carbocycles. The summed E-state index contributed by atoms with van der Waals surface area (Å²) in [5.41, 5.74) is 5.89. The van der Waals surface area contributed by atoms with Gasteiger partial charge < -0.3 is 112 Å². The standard InChI is InChI=1S/C38H77NO23Si5/c1-10-47-63(9,60-64(48-11-2,25-21-24-39)61-66(46,51-14-5)52-15-6)58-35-31(27-41)55-37(34(45)33(35)44)57-38(28-42)36(32(43)30(26-40)56-38)59-67(53-16-7,54-17-8)62-65(49-12-3,50-13-4)29-22-19-18-20-23-29/h18-20,22-23,30-37,40-46H,10-17,21,24-28,39H2,1-9H3/t30-,31-,32-,33-,34-,35-,36+,37-,38?,63?,64?/m1/s1. The average Bonchev–Trinajstić information content (AvgIpc) is 3.55. The molecule has 0 saturated carbocycles. The number of hydrogen-bond donors (Lipinski definition) is 8. The van der Waals surface area contributed by atoms with Crippen LogP contribution in [0.1, 0.15) is 61.8 Å². The van der Waals surface area contributed by atoms with Crippen molar-refractivity contribution >= 4 is 49.7 Å². The Morgan fingerprint density at radius 2 is 1.19 bits per heavy atom. The molecule has 29 heteroatoms. The van der Waals surface area contributed by atoms with E-state index in [1.165, 1.54) is 6.55 Å². The SMILES string of the molecule is CCO[Si](C)(O[C@H]1[C@H](O)[C@@H](O)[C@@H](OC2(CO)O[C@H](CO)[C@@H](O)[C@@H]2O[Si](OCC)(OCC)O[Si](OCC)(OCC)c2ccccc2)O[C@@H]1CO)O[Si](CCCN)(OCC)O[Si](O)(OCC)OCC. The molecule has 1 aromatic carbocycles. The maximum absolute atomic E-state index is 11.8. The molecule has 392 valence electrons. The van der Waals surface area contributed by atoms with Crippen LogP contribution in [0.25, 0.3) is 0 Å². The lowest BCUT2D eigenvalue weighted by atomic mass is 9.99. The Hall–Kier alpha value is -0.656. The summed E-state index contributed by atoms with van der Waals surface area (Å²) in [7, 11) is -21.4. The third-order valence-corrected chi connectivity index (χ3v) is 25.9. The number of hydrogen-bond acceptors (Lipinski definition) is 24. The average molecular weight is 1060 g/mol. The van der Waals surface area contributed by atoms with Crippen LogP contribution in [0, 0.1) is 0 Å². The predicted molar refractivity (Wildman–Crippen MR) is 244 cm³/mol. The number of nitrogens with two attached hydrogens (primary N) is 1. The fourth-order valence-corrected chi connectivity index (χ4v) is 23.7. The first-order valence-electron chi connectivity index (χ1n) is 22.9. The molecule has 11 atom stereocenters. The van der Waals surface area contributed by atoms with Crippen LogP contribution >= 0.6 is 0 Å². The van der Waals surface area contributed by atoms with Gasteiger partial charge in [0, 0.05) is 70.6 Å².